The molecule has 0 amide bonds. The Balaban J connectivity index is 0.000000104. The second kappa shape index (κ2) is 29.2. The van der Waals surface area contributed by atoms with E-state index in [9.17, 15) is 0 Å². The molecule has 18 rings (SSSR count). The molecule has 408 valence electrons. The van der Waals surface area contributed by atoms with Gasteiger partial charge in [-0.15, -0.1) is 11.3 Å². The van der Waals surface area contributed by atoms with Crippen molar-refractivity contribution in [3.8, 4) is 0 Å². The van der Waals surface area contributed by atoms with Crippen LogP contribution in [-0.4, -0.2) is 0 Å². The zero-order valence-corrected chi connectivity index (χ0v) is 47.8. The second-order valence-electron chi connectivity index (χ2n) is 19.9. The molecule has 0 spiro atoms. The summed E-state index contributed by atoms with van der Waals surface area (Å²) in [6, 6.07) is 122. The van der Waals surface area contributed by atoms with Crippen LogP contribution in [0.25, 0.3) is 107 Å². The van der Waals surface area contributed by atoms with Gasteiger partial charge in [-0.25, -0.2) is 0 Å². The first-order valence-corrected chi connectivity index (χ1v) is 29.4. The number of furan rings is 2. The summed E-state index contributed by atoms with van der Waals surface area (Å²) in [4.78, 5) is 0. The van der Waals surface area contributed by atoms with Crippen molar-refractivity contribution < 1.29 is 8.83 Å². The van der Waals surface area contributed by atoms with E-state index in [2.05, 4.69) is 283 Å². The van der Waals surface area contributed by atoms with Crippen molar-refractivity contribution in [2.75, 3.05) is 0 Å². The molecule has 3 heteroatoms. The highest BCUT2D eigenvalue weighted by Gasteiger charge is 2.06. The smallest absolute Gasteiger partial charge is 0.133 e. The Labute approximate surface area is 500 Å². The lowest BCUT2D eigenvalue weighted by molar-refractivity contribution is 0.567. The minimum atomic E-state index is 0.956. The predicted molar refractivity (Wildman–Crippen MR) is 369 cm³/mol. The van der Waals surface area contributed by atoms with Crippen LogP contribution in [0.15, 0.2) is 385 Å². The van der Waals surface area contributed by atoms with Crippen LogP contribution in [0.2, 0.25) is 0 Å². The summed E-state index contributed by atoms with van der Waals surface area (Å²) in [5.41, 5.74) is 0.956. The van der Waals surface area contributed by atoms with Crippen molar-refractivity contribution in [2.45, 2.75) is 0 Å². The summed E-state index contributed by atoms with van der Waals surface area (Å²) in [5, 5.41) is 25.8. The lowest BCUT2D eigenvalue weighted by Gasteiger charge is -2.09. The van der Waals surface area contributed by atoms with Crippen LogP contribution >= 0.6 is 11.3 Å². The van der Waals surface area contributed by atoms with Crippen molar-refractivity contribution in [2.24, 2.45) is 0 Å². The topological polar surface area (TPSA) is 26.3 Å². The van der Waals surface area contributed by atoms with Crippen LogP contribution in [0.4, 0.5) is 0 Å². The number of para-hydroxylation sites is 1. The van der Waals surface area contributed by atoms with Gasteiger partial charge in [-0.2, -0.15) is 0 Å². The molecule has 0 unspecified atom stereocenters. The summed E-state index contributed by atoms with van der Waals surface area (Å²) >= 11 is 1.79. The van der Waals surface area contributed by atoms with E-state index in [1.54, 1.807) is 30.1 Å². The van der Waals surface area contributed by atoms with Gasteiger partial charge in [-0.1, -0.05) is 303 Å². The maximum Gasteiger partial charge on any atom is 0.133 e. The molecule has 0 atom stereocenters. The minimum Gasteiger partial charge on any atom is -0.473 e. The van der Waals surface area contributed by atoms with Gasteiger partial charge in [0.1, 0.15) is 5.58 Å². The Kier molecular flexibility index (Phi) is 19.3. The number of fused-ring (bicyclic) bond motifs is 14. The van der Waals surface area contributed by atoms with Crippen LogP contribution in [0.1, 0.15) is 0 Å². The summed E-state index contributed by atoms with van der Waals surface area (Å²) in [7, 11) is 0. The van der Waals surface area contributed by atoms with Crippen LogP contribution in [0.3, 0.4) is 0 Å². The van der Waals surface area contributed by atoms with Crippen molar-refractivity contribution in [3.05, 3.63) is 376 Å². The van der Waals surface area contributed by atoms with Crippen LogP contribution < -0.4 is 0 Å². The molecule has 0 radical (unpaired) electrons. The third-order valence-corrected chi connectivity index (χ3v) is 15.3. The quantitative estimate of drug-likeness (QED) is 0.112. The Bertz CT molecular complexity index is 4350. The van der Waals surface area contributed by atoms with Crippen LogP contribution in [0, 0.1) is 0 Å². The molecule has 0 aliphatic carbocycles. The normalized spacial score (nSPS) is 10.4. The minimum absolute atomic E-state index is 0.956. The Morgan fingerprint density at radius 3 is 0.847 bits per heavy atom. The van der Waals surface area contributed by atoms with Crippen LogP contribution in [-0.2, 0) is 0 Å². The molecule has 3 aromatic heterocycles. The third-order valence-electron chi connectivity index (χ3n) is 14.4. The number of hydrogen-bond donors (Lipinski definition) is 0. The van der Waals surface area contributed by atoms with Gasteiger partial charge in [0.25, 0.3) is 0 Å². The number of thiophene rings is 1. The van der Waals surface area contributed by atoms with E-state index < -0.39 is 0 Å². The van der Waals surface area contributed by atoms with Gasteiger partial charge in [-0.3, -0.25) is 0 Å². The molecule has 3 heterocycles. The summed E-state index contributed by atoms with van der Waals surface area (Å²) in [6.45, 7) is 0. The first-order valence-electron chi connectivity index (χ1n) is 28.5. The Morgan fingerprint density at radius 1 is 0.188 bits per heavy atom. The first-order chi connectivity index (χ1) is 42.2. The molecular formula is C82H62O2S. The maximum atomic E-state index is 5.12. The Hall–Kier alpha value is -10.8. The molecule has 0 saturated carbocycles. The van der Waals surface area contributed by atoms with Gasteiger partial charge in [0, 0.05) is 10.1 Å². The van der Waals surface area contributed by atoms with E-state index in [4.69, 9.17) is 4.42 Å². The molecule has 0 aliphatic heterocycles. The fraction of sp³-hybridized carbons (Fsp3) is 0. The highest BCUT2D eigenvalue weighted by atomic mass is 32.1. The summed E-state index contributed by atoms with van der Waals surface area (Å²) in [6.07, 6.45) is 4.95. The molecule has 0 bridgehead atoms. The lowest BCUT2D eigenvalue weighted by Crippen LogP contribution is -1.81. The third kappa shape index (κ3) is 14.8. The molecule has 18 aromatic rings. The second-order valence-corrected chi connectivity index (χ2v) is 20.9. The molecule has 15 aromatic carbocycles. The van der Waals surface area contributed by atoms with Gasteiger partial charge < -0.3 is 8.83 Å². The van der Waals surface area contributed by atoms with Crippen molar-refractivity contribution in [1.29, 1.82) is 0 Å². The summed E-state index contributed by atoms with van der Waals surface area (Å²) < 4.78 is 11.1. The van der Waals surface area contributed by atoms with E-state index in [0.29, 0.717) is 0 Å². The zero-order chi connectivity index (χ0) is 57.5. The zero-order valence-electron chi connectivity index (χ0n) is 47.0. The highest BCUT2D eigenvalue weighted by molar-refractivity contribution is 7.17. The largest absolute Gasteiger partial charge is 0.473 e. The molecule has 0 aliphatic rings. The van der Waals surface area contributed by atoms with E-state index in [1.807, 2.05) is 78.9 Å². The van der Waals surface area contributed by atoms with Gasteiger partial charge in [0.05, 0.1) is 18.8 Å². The molecular weight excluding hydrogens is 1050 g/mol. The standard InChI is InChI=1S/C18H12.2C14H10.C10H8.C8H6O.C8H6S.C6H6.C4H4O/c1-2-8-14-13(7-1)15-9-3-4-11-17(15)18-12-6-5-10-16(14)18;1-3-7-13-11(5-1)9-10-12-6-2-4-8-14(12)13;1-2-6-12-10-14-8-4-3-7-13(14)9-11(12)5-1;1-2-6-10-8-4-3-7-9(10)5-1;2*1-2-4-8-7(3-1)5-6-9-8;1-2-4-6-5-3-1;1-2-4-5-3-1/h1-12H;2*1-10H;1-8H;2*1-6H;1-6H;1-4H. The van der Waals surface area contributed by atoms with Gasteiger partial charge in [0.2, 0.25) is 0 Å². The van der Waals surface area contributed by atoms with Crippen LogP contribution in [0.5, 0.6) is 0 Å². The van der Waals surface area contributed by atoms with Crippen molar-refractivity contribution >= 4 is 119 Å². The SMILES string of the molecule is c1ccc2c(c1)c1ccccc1c1ccccc21.c1ccc2c(c1)ccc1ccccc12.c1ccc2cc3ccccc3cc2c1.c1ccc2ccccc2c1.c1ccc2occc2c1.c1ccc2sccc2c1.c1ccccc1.c1ccoc1. The van der Waals surface area contributed by atoms with E-state index in [-0.39, 0.29) is 0 Å². The Morgan fingerprint density at radius 2 is 0.494 bits per heavy atom. The molecule has 0 N–H and O–H groups in total. The molecule has 0 fully saturated rings. The first kappa shape index (κ1) is 56.0. The number of benzene rings is 15. The van der Waals surface area contributed by atoms with Gasteiger partial charge >= 0.3 is 0 Å². The number of hydrogen-bond acceptors (Lipinski definition) is 3. The van der Waals surface area contributed by atoms with Gasteiger partial charge in [-0.05, 0) is 145 Å². The predicted octanol–water partition coefficient (Wildman–Crippen LogP) is 24.3. The highest BCUT2D eigenvalue weighted by Crippen LogP contribution is 2.34. The van der Waals surface area contributed by atoms with E-state index in [0.717, 1.165) is 11.0 Å². The fourth-order valence-corrected chi connectivity index (χ4v) is 11.0. The monoisotopic (exact) mass is 1110 g/mol. The van der Waals surface area contributed by atoms with E-state index in [1.165, 1.54) is 96.3 Å². The number of rotatable bonds is 0. The lowest BCUT2D eigenvalue weighted by atomic mass is 9.95. The molecule has 0 saturated heterocycles. The van der Waals surface area contributed by atoms with Gasteiger partial charge in [0.15, 0.2) is 0 Å². The average molecular weight is 1110 g/mol. The fourth-order valence-electron chi connectivity index (χ4n) is 10.3. The van der Waals surface area contributed by atoms with Crippen molar-refractivity contribution in [3.63, 3.8) is 0 Å². The maximum absolute atomic E-state index is 5.12. The van der Waals surface area contributed by atoms with Crippen molar-refractivity contribution in [1.82, 2.24) is 0 Å². The molecule has 85 heavy (non-hydrogen) atoms. The average Bonchev–Trinajstić information content (AvgIpc) is 4.18. The van der Waals surface area contributed by atoms with E-state index >= 15 is 0 Å². The molecule has 2 nitrogen and oxygen atoms in total. The summed E-state index contributed by atoms with van der Waals surface area (Å²) in [5.74, 6) is 0.